The molecule has 3 aromatic rings. The lowest BCUT2D eigenvalue weighted by Gasteiger charge is -2.30. The first kappa shape index (κ1) is 42.2. The van der Waals surface area contributed by atoms with Crippen LogP contribution in [0.3, 0.4) is 0 Å². The van der Waals surface area contributed by atoms with Crippen LogP contribution in [0.1, 0.15) is 84.5 Å². The van der Waals surface area contributed by atoms with Crippen LogP contribution in [0.4, 0.5) is 9.93 Å². The average molecular weight is 852 g/mol. The molecule has 1 saturated heterocycles. The number of thiazole rings is 1. The molecule has 2 aliphatic heterocycles. The summed E-state index contributed by atoms with van der Waals surface area (Å²) in [6.45, 7) is 4.03. The highest BCUT2D eigenvalue weighted by Gasteiger charge is 2.61. The third kappa shape index (κ3) is 10.1. The smallest absolute Gasteiger partial charge is 0.408 e. The van der Waals surface area contributed by atoms with E-state index in [1.807, 2.05) is 37.4 Å². The highest BCUT2D eigenvalue weighted by atomic mass is 32.2. The lowest BCUT2D eigenvalue weighted by Crippen LogP contribution is -2.58. The van der Waals surface area contributed by atoms with E-state index in [0.29, 0.717) is 53.1 Å². The summed E-state index contributed by atoms with van der Waals surface area (Å²) >= 11 is 1.45. The van der Waals surface area contributed by atoms with Gasteiger partial charge < -0.3 is 35.1 Å². The lowest BCUT2D eigenvalue weighted by molar-refractivity contribution is -0.141. The predicted octanol–water partition coefficient (Wildman–Crippen LogP) is 5.04. The molecule has 59 heavy (non-hydrogen) atoms. The van der Waals surface area contributed by atoms with Gasteiger partial charge in [-0.3, -0.25) is 19.1 Å². The number of methoxy groups -OCH3 is 1. The molecule has 4 aliphatic rings. The monoisotopic (exact) mass is 851 g/mol. The average Bonchev–Trinajstić information content (AvgIpc) is 3.61. The van der Waals surface area contributed by atoms with E-state index in [0.717, 1.165) is 49.9 Å². The fraction of sp³-hybridized carbons (Fsp3) is 0.561. The number of pyridine rings is 1. The van der Waals surface area contributed by atoms with Crippen LogP contribution >= 0.6 is 11.3 Å². The molecule has 2 aromatic heterocycles. The van der Waals surface area contributed by atoms with Gasteiger partial charge in [0.25, 0.3) is 5.91 Å². The van der Waals surface area contributed by atoms with E-state index in [9.17, 15) is 27.6 Å². The fourth-order valence-corrected chi connectivity index (χ4v) is 9.55. The number of amides is 4. The van der Waals surface area contributed by atoms with Crippen LogP contribution in [0.15, 0.2) is 41.8 Å². The van der Waals surface area contributed by atoms with Crippen molar-refractivity contribution in [2.45, 2.75) is 120 Å². The van der Waals surface area contributed by atoms with Gasteiger partial charge in [-0.25, -0.2) is 23.2 Å². The topological polar surface area (TPSA) is 207 Å². The summed E-state index contributed by atoms with van der Waals surface area (Å²) in [7, 11) is -2.38. The molecular formula is C41H53N7O9S2. The number of ether oxygens (including phenoxy) is 3. The Bertz CT molecular complexity index is 2210. The zero-order valence-electron chi connectivity index (χ0n) is 33.8. The third-order valence-corrected chi connectivity index (χ3v) is 12.6. The van der Waals surface area contributed by atoms with Crippen LogP contribution in [-0.4, -0.2) is 103 Å². The van der Waals surface area contributed by atoms with E-state index in [2.05, 4.69) is 20.7 Å². The number of aromatic nitrogens is 2. The fourth-order valence-electron chi connectivity index (χ4n) is 8.17. The van der Waals surface area contributed by atoms with E-state index in [4.69, 9.17) is 24.2 Å². The molecule has 0 bridgehead atoms. The van der Waals surface area contributed by atoms with Crippen LogP contribution in [0.25, 0.3) is 22.3 Å². The zero-order chi connectivity index (χ0) is 41.9. The number of nitrogens with one attached hydrogen (secondary N) is 4. The summed E-state index contributed by atoms with van der Waals surface area (Å²) in [5.41, 5.74) is 0.235. The normalized spacial score (nSPS) is 25.9. The molecule has 2 saturated carbocycles. The second kappa shape index (κ2) is 17.7. The Balaban J connectivity index is 1.22. The van der Waals surface area contributed by atoms with Crippen molar-refractivity contribution in [2.24, 2.45) is 5.92 Å². The molecule has 0 radical (unpaired) electrons. The molecular weight excluding hydrogens is 799 g/mol. The van der Waals surface area contributed by atoms with Crippen molar-refractivity contribution >= 4 is 61.2 Å². The van der Waals surface area contributed by atoms with Crippen molar-refractivity contribution < 1.29 is 41.8 Å². The zero-order valence-corrected chi connectivity index (χ0v) is 35.5. The number of rotatable bonds is 10. The maximum Gasteiger partial charge on any atom is 0.408 e. The molecule has 318 valence electrons. The highest BCUT2D eigenvalue weighted by Crippen LogP contribution is 2.46. The minimum Gasteiger partial charge on any atom is -0.497 e. The first-order valence-electron chi connectivity index (χ1n) is 20.4. The van der Waals surface area contributed by atoms with Gasteiger partial charge in [0.15, 0.2) is 5.13 Å². The van der Waals surface area contributed by atoms with E-state index in [-0.39, 0.29) is 31.5 Å². The minimum absolute atomic E-state index is 0.0207. The van der Waals surface area contributed by atoms with Crippen LogP contribution in [0.5, 0.6) is 11.5 Å². The van der Waals surface area contributed by atoms with Gasteiger partial charge in [-0.15, -0.1) is 11.3 Å². The second-order valence-electron chi connectivity index (χ2n) is 16.3. The van der Waals surface area contributed by atoms with Gasteiger partial charge >= 0.3 is 6.09 Å². The molecule has 3 fully saturated rings. The largest absolute Gasteiger partial charge is 0.497 e. The number of carbonyl (C=O) groups excluding carboxylic acids is 4. The Morgan fingerprint density at radius 3 is 2.54 bits per heavy atom. The Labute approximate surface area is 348 Å². The second-order valence-corrected chi connectivity index (χ2v) is 18.9. The Morgan fingerprint density at radius 2 is 1.80 bits per heavy atom. The summed E-state index contributed by atoms with van der Waals surface area (Å²) in [6.07, 6.45) is 9.93. The van der Waals surface area contributed by atoms with Crippen molar-refractivity contribution in [2.75, 3.05) is 25.2 Å². The molecule has 4 heterocycles. The van der Waals surface area contributed by atoms with Crippen molar-refractivity contribution in [3.8, 4) is 22.9 Å². The number of hydrogen-bond acceptors (Lipinski definition) is 13. The lowest BCUT2D eigenvalue weighted by atomic mass is 10.0. The minimum atomic E-state index is -3.95. The van der Waals surface area contributed by atoms with Crippen molar-refractivity contribution in [1.29, 1.82) is 0 Å². The van der Waals surface area contributed by atoms with Gasteiger partial charge in [-0.2, -0.15) is 0 Å². The van der Waals surface area contributed by atoms with Crippen LogP contribution < -0.4 is 30.1 Å². The summed E-state index contributed by atoms with van der Waals surface area (Å²) in [5.74, 6) is -1.36. The number of carbonyl (C=O) groups is 4. The highest BCUT2D eigenvalue weighted by molar-refractivity contribution is 7.89. The molecule has 0 unspecified atom stereocenters. The van der Waals surface area contributed by atoms with Gasteiger partial charge in [0, 0.05) is 41.3 Å². The molecule has 4 amide bonds. The molecule has 4 N–H and O–H groups in total. The van der Waals surface area contributed by atoms with Gasteiger partial charge in [0.1, 0.15) is 47.0 Å². The molecule has 16 nitrogen and oxygen atoms in total. The Hall–Kier alpha value is -4.97. The van der Waals surface area contributed by atoms with Gasteiger partial charge in [-0.1, -0.05) is 25.0 Å². The Morgan fingerprint density at radius 1 is 1.02 bits per heavy atom. The number of benzene rings is 1. The number of fused-ring (bicyclic) bond motifs is 3. The Kier molecular flexibility index (Phi) is 12.7. The van der Waals surface area contributed by atoms with Crippen LogP contribution in [-0.2, 0) is 29.1 Å². The molecule has 2 aliphatic carbocycles. The molecule has 5 atom stereocenters. The number of allylic oxidation sites excluding steroid dienone is 1. The number of alkyl carbamates (subject to hydrolysis) is 1. The van der Waals surface area contributed by atoms with Gasteiger partial charge in [0.2, 0.25) is 21.8 Å². The van der Waals surface area contributed by atoms with E-state index >= 15 is 0 Å². The summed E-state index contributed by atoms with van der Waals surface area (Å²) < 4.78 is 44.4. The van der Waals surface area contributed by atoms with E-state index in [1.54, 1.807) is 25.3 Å². The maximum atomic E-state index is 14.7. The van der Waals surface area contributed by atoms with Crippen LogP contribution in [0, 0.1) is 5.92 Å². The number of hydrogen-bond donors (Lipinski definition) is 4. The van der Waals surface area contributed by atoms with Gasteiger partial charge in [-0.05, 0) is 77.3 Å². The molecule has 0 spiro atoms. The molecule has 1 aromatic carbocycles. The number of nitrogens with zero attached hydrogens (tertiary/aromatic N) is 3. The number of anilines is 1. The first-order chi connectivity index (χ1) is 28.2. The standard InChI is InChI=1S/C41H53N7O9S2/c1-24(2)42-39-44-33(23-58-39)32-20-35(29-17-16-27(55-3)18-31(29)43-32)56-28-19-34-36(49)46-41(38(51)47-59(4,53)54)21-25(41)12-8-6-5-7-9-15-30(37(50)48(34)22-28)45-40(52)57-26-13-10-11-14-26/h8,12,16-18,20,23-26,28,30,34H,5-7,9-11,13-15,19,21-22H2,1-4H3,(H,42,44)(H,45,52)(H,46,49)(H,47,51)/b12-8-/t25-,28-,30+,34+,41-/m1/s1. The first-order valence-corrected chi connectivity index (χ1v) is 23.1. The van der Waals surface area contributed by atoms with Gasteiger partial charge in [0.05, 0.1) is 31.1 Å². The quantitative estimate of drug-likeness (QED) is 0.198. The summed E-state index contributed by atoms with van der Waals surface area (Å²) in [4.78, 5) is 67.0. The molecule has 7 rings (SSSR count). The van der Waals surface area contributed by atoms with E-state index in [1.165, 1.54) is 16.2 Å². The van der Waals surface area contributed by atoms with Crippen molar-refractivity contribution in [3.63, 3.8) is 0 Å². The van der Waals surface area contributed by atoms with Crippen molar-refractivity contribution in [1.82, 2.24) is 30.2 Å². The summed E-state index contributed by atoms with van der Waals surface area (Å²) in [5, 5.41) is 12.3. The van der Waals surface area contributed by atoms with E-state index < -0.39 is 63.5 Å². The maximum absolute atomic E-state index is 14.7. The van der Waals surface area contributed by atoms with Crippen LogP contribution in [0.2, 0.25) is 0 Å². The molecule has 18 heteroatoms. The number of sulfonamides is 1. The summed E-state index contributed by atoms with van der Waals surface area (Å²) in [6, 6.07) is 5.27. The van der Waals surface area contributed by atoms with Crippen molar-refractivity contribution in [3.05, 3.63) is 41.8 Å². The SMILES string of the molecule is COc1ccc2c(O[C@@H]3C[C@H]4C(=O)N[C@]5(C(=O)NS(C)(=O)=O)C[C@H]5/C=C\CCCCC[C@H](NC(=O)OC5CCCC5)C(=O)N4C3)cc(-c3csc(NC(C)C)n3)nc2c1. The third-order valence-electron chi connectivity index (χ3n) is 11.2. The predicted molar refractivity (Wildman–Crippen MR) is 223 cm³/mol.